The summed E-state index contributed by atoms with van der Waals surface area (Å²) in [6, 6.07) is 19.5. The molecule has 0 aromatic heterocycles. The fourth-order valence-corrected chi connectivity index (χ4v) is 5.48. The molecule has 0 saturated carbocycles. The highest BCUT2D eigenvalue weighted by Crippen LogP contribution is 2.27. The summed E-state index contributed by atoms with van der Waals surface area (Å²) in [5.74, 6) is 0.353. The van der Waals surface area contributed by atoms with Crippen molar-refractivity contribution in [1.82, 2.24) is 14.5 Å². The van der Waals surface area contributed by atoms with Gasteiger partial charge in [-0.2, -0.15) is 5.26 Å². The Balaban J connectivity index is 1.42. The quantitative estimate of drug-likeness (QED) is 0.608. The lowest BCUT2D eigenvalue weighted by atomic mass is 9.94. The van der Waals surface area contributed by atoms with Crippen LogP contribution in [-0.4, -0.2) is 69.8 Å². The van der Waals surface area contributed by atoms with E-state index in [1.54, 1.807) is 23.1 Å². The Labute approximate surface area is 208 Å². The van der Waals surface area contributed by atoms with E-state index in [4.69, 9.17) is 0 Å². The first-order valence-electron chi connectivity index (χ1n) is 12.1. The molecule has 0 spiro atoms. The van der Waals surface area contributed by atoms with Crippen LogP contribution in [0.25, 0.3) is 0 Å². The van der Waals surface area contributed by atoms with Gasteiger partial charge in [0.05, 0.1) is 17.9 Å². The van der Waals surface area contributed by atoms with Crippen molar-refractivity contribution in [3.05, 3.63) is 65.7 Å². The Bertz CT molecular complexity index is 1160. The largest absolute Gasteiger partial charge is 0.324 e. The molecule has 2 aromatic rings. The molecule has 0 aliphatic carbocycles. The lowest BCUT2D eigenvalue weighted by Gasteiger charge is -2.42. The second-order valence-corrected chi connectivity index (χ2v) is 11.5. The van der Waals surface area contributed by atoms with Crippen molar-refractivity contribution in [2.24, 2.45) is 11.8 Å². The van der Waals surface area contributed by atoms with Crippen LogP contribution in [0.3, 0.4) is 0 Å². The Kier molecular flexibility index (Phi) is 8.06. The van der Waals surface area contributed by atoms with Crippen LogP contribution in [0.2, 0.25) is 0 Å². The third kappa shape index (κ3) is 7.04. The number of nitriles is 1. The zero-order valence-electron chi connectivity index (χ0n) is 20.1. The van der Waals surface area contributed by atoms with Crippen LogP contribution in [-0.2, 0) is 16.6 Å². The maximum Gasteiger partial charge on any atom is 0.324 e. The summed E-state index contributed by atoms with van der Waals surface area (Å²) in [5.41, 5.74) is 2.47. The molecule has 2 saturated heterocycles. The average Bonchev–Trinajstić information content (AvgIpc) is 2.85. The highest BCUT2D eigenvalue weighted by molar-refractivity contribution is 7.88. The summed E-state index contributed by atoms with van der Waals surface area (Å²) in [4.78, 5) is 19.5. The molecule has 186 valence electrons. The molecule has 4 rings (SSSR count). The van der Waals surface area contributed by atoms with Gasteiger partial charge in [0.2, 0.25) is 10.0 Å². The lowest BCUT2D eigenvalue weighted by Crippen LogP contribution is -2.57. The minimum absolute atomic E-state index is 0.0497. The van der Waals surface area contributed by atoms with E-state index >= 15 is 0 Å². The Morgan fingerprint density at radius 3 is 2.46 bits per heavy atom. The summed E-state index contributed by atoms with van der Waals surface area (Å²) in [6.07, 6.45) is 3.19. The van der Waals surface area contributed by atoms with Gasteiger partial charge in [-0.15, -0.1) is 0 Å². The van der Waals surface area contributed by atoms with Gasteiger partial charge in [0, 0.05) is 44.3 Å². The molecule has 2 aromatic carbocycles. The second-order valence-electron chi connectivity index (χ2n) is 9.65. The van der Waals surface area contributed by atoms with Gasteiger partial charge in [-0.05, 0) is 55.6 Å². The maximum atomic E-state index is 13.5. The van der Waals surface area contributed by atoms with Crippen LogP contribution in [0.5, 0.6) is 0 Å². The molecule has 1 N–H and O–H groups in total. The van der Waals surface area contributed by atoms with Gasteiger partial charge >= 0.3 is 6.03 Å². The number of likely N-dealkylation sites (tertiary alicyclic amines) is 1. The van der Waals surface area contributed by atoms with Crippen molar-refractivity contribution in [3.8, 4) is 6.07 Å². The van der Waals surface area contributed by atoms with Crippen LogP contribution in [0.15, 0.2) is 54.6 Å². The predicted molar refractivity (Wildman–Crippen MR) is 136 cm³/mol. The number of benzene rings is 2. The molecule has 0 radical (unpaired) electrons. The number of carbonyl (C=O) groups excluding carboxylic acids is 1. The highest BCUT2D eigenvalue weighted by Gasteiger charge is 2.35. The number of piperidine rings is 1. The molecule has 0 bridgehead atoms. The first-order valence-corrected chi connectivity index (χ1v) is 14.0. The standard InChI is InChI=1S/C26H33N5O3S/c1-35(33,34)28-16-24-19-30(26(32)31(20-24)25-9-5-8-23(14-25)15-27)18-22-10-12-29(13-11-22)17-21-6-3-2-4-7-21/h2-9,14,22,24,28H,10-13,16-20H2,1H3. The number of anilines is 1. The molecule has 1 atom stereocenters. The predicted octanol–water partition coefficient (Wildman–Crippen LogP) is 2.88. The lowest BCUT2D eigenvalue weighted by molar-refractivity contribution is 0.130. The molecule has 2 amide bonds. The Hall–Kier alpha value is -2.93. The van der Waals surface area contributed by atoms with Crippen molar-refractivity contribution >= 4 is 21.7 Å². The summed E-state index contributed by atoms with van der Waals surface area (Å²) >= 11 is 0. The first-order chi connectivity index (χ1) is 16.8. The third-order valence-corrected chi connectivity index (χ3v) is 7.47. The fraction of sp³-hybridized carbons (Fsp3) is 0.462. The number of hydrogen-bond acceptors (Lipinski definition) is 5. The Morgan fingerprint density at radius 2 is 1.77 bits per heavy atom. The number of nitrogens with zero attached hydrogens (tertiary/aromatic N) is 4. The minimum atomic E-state index is -3.33. The van der Waals surface area contributed by atoms with Gasteiger partial charge in [-0.25, -0.2) is 17.9 Å². The molecule has 2 heterocycles. The number of nitrogens with one attached hydrogen (secondary N) is 1. The van der Waals surface area contributed by atoms with Crippen molar-refractivity contribution in [2.75, 3.05) is 50.4 Å². The molecule has 2 fully saturated rings. The summed E-state index contributed by atoms with van der Waals surface area (Å²) in [5, 5.41) is 9.29. The second kappa shape index (κ2) is 11.2. The van der Waals surface area contributed by atoms with Crippen molar-refractivity contribution in [3.63, 3.8) is 0 Å². The SMILES string of the molecule is CS(=O)(=O)NCC1CN(CC2CCN(Cc3ccccc3)CC2)C(=O)N(c2cccc(C#N)c2)C1. The number of urea groups is 1. The van der Waals surface area contributed by atoms with E-state index in [1.807, 2.05) is 17.0 Å². The van der Waals surface area contributed by atoms with E-state index < -0.39 is 10.0 Å². The number of amides is 2. The van der Waals surface area contributed by atoms with Crippen LogP contribution < -0.4 is 9.62 Å². The maximum absolute atomic E-state index is 13.5. The number of carbonyl (C=O) groups is 1. The molecule has 8 nitrogen and oxygen atoms in total. The first kappa shape index (κ1) is 25.2. The summed E-state index contributed by atoms with van der Waals surface area (Å²) in [6.45, 7) is 4.78. The average molecular weight is 496 g/mol. The van der Waals surface area contributed by atoms with Gasteiger partial charge in [0.1, 0.15) is 0 Å². The molecule has 1 unspecified atom stereocenters. The molecule has 2 aliphatic rings. The zero-order chi connectivity index (χ0) is 24.8. The van der Waals surface area contributed by atoms with E-state index in [2.05, 4.69) is 40.0 Å². The van der Waals surface area contributed by atoms with E-state index in [9.17, 15) is 18.5 Å². The van der Waals surface area contributed by atoms with E-state index in [0.717, 1.165) is 38.7 Å². The van der Waals surface area contributed by atoms with E-state index in [0.29, 0.717) is 36.8 Å². The smallest absolute Gasteiger partial charge is 0.324 e. The van der Waals surface area contributed by atoms with Gasteiger partial charge in [-0.3, -0.25) is 9.80 Å². The molecule has 9 heteroatoms. The zero-order valence-corrected chi connectivity index (χ0v) is 21.0. The van der Waals surface area contributed by atoms with Gasteiger partial charge < -0.3 is 4.90 Å². The minimum Gasteiger partial charge on any atom is -0.324 e. The normalized spacial score (nSPS) is 20.1. The van der Waals surface area contributed by atoms with E-state index in [1.165, 1.54) is 5.56 Å². The van der Waals surface area contributed by atoms with Gasteiger partial charge in [0.15, 0.2) is 0 Å². The fourth-order valence-electron chi connectivity index (χ4n) is 4.95. The molecular formula is C26H33N5O3S. The van der Waals surface area contributed by atoms with Crippen molar-refractivity contribution in [1.29, 1.82) is 5.26 Å². The topological polar surface area (TPSA) is 96.8 Å². The van der Waals surface area contributed by atoms with Crippen molar-refractivity contribution < 1.29 is 13.2 Å². The van der Waals surface area contributed by atoms with Gasteiger partial charge in [0.25, 0.3) is 0 Å². The van der Waals surface area contributed by atoms with Crippen LogP contribution in [0.1, 0.15) is 24.0 Å². The number of hydrogen-bond donors (Lipinski definition) is 1. The Morgan fingerprint density at radius 1 is 1.03 bits per heavy atom. The molecular weight excluding hydrogens is 462 g/mol. The van der Waals surface area contributed by atoms with Crippen molar-refractivity contribution in [2.45, 2.75) is 19.4 Å². The van der Waals surface area contributed by atoms with Gasteiger partial charge in [-0.1, -0.05) is 36.4 Å². The summed E-state index contributed by atoms with van der Waals surface area (Å²) in [7, 11) is -3.33. The number of sulfonamides is 1. The molecule has 2 aliphatic heterocycles. The summed E-state index contributed by atoms with van der Waals surface area (Å²) < 4.78 is 26.0. The highest BCUT2D eigenvalue weighted by atomic mass is 32.2. The van der Waals surface area contributed by atoms with Crippen LogP contribution >= 0.6 is 0 Å². The monoisotopic (exact) mass is 495 g/mol. The van der Waals surface area contributed by atoms with E-state index in [-0.39, 0.29) is 18.5 Å². The van der Waals surface area contributed by atoms with Crippen LogP contribution in [0.4, 0.5) is 10.5 Å². The van der Waals surface area contributed by atoms with Crippen LogP contribution in [0, 0.1) is 23.2 Å². The molecule has 35 heavy (non-hydrogen) atoms. The third-order valence-electron chi connectivity index (χ3n) is 6.78. The number of rotatable bonds is 8.